The molecule has 0 unspecified atom stereocenters. The number of hydrogen-bond donors (Lipinski definition) is 5. The first-order valence-electron chi connectivity index (χ1n) is 6.66. The Morgan fingerprint density at radius 3 is 2.95 bits per heavy atom. The van der Waals surface area contributed by atoms with Crippen LogP contribution >= 0.6 is 7.60 Å². The summed E-state index contributed by atoms with van der Waals surface area (Å²) < 4.78 is 12.8. The first-order chi connectivity index (χ1) is 10.2. The van der Waals surface area contributed by atoms with Crippen molar-refractivity contribution < 1.29 is 19.5 Å². The van der Waals surface area contributed by atoms with Gasteiger partial charge >= 0.3 is 7.60 Å². The molecule has 2 heterocycles. The first kappa shape index (κ1) is 15.2. The highest BCUT2D eigenvalue weighted by molar-refractivity contribution is 7.51. The SMILES string of the molecule is Nc1nc2c(ncn2[C@H]2CC[C@@](O)(CP(=O)(O)O)C2)c(=O)[nH]1. The van der Waals surface area contributed by atoms with E-state index < -0.39 is 24.9 Å². The molecule has 1 saturated carbocycles. The van der Waals surface area contributed by atoms with Gasteiger partial charge in [0.15, 0.2) is 11.2 Å². The number of anilines is 1. The summed E-state index contributed by atoms with van der Waals surface area (Å²) in [7, 11) is -4.31. The number of nitrogens with two attached hydrogens (primary N) is 1. The predicted molar refractivity (Wildman–Crippen MR) is 77.3 cm³/mol. The number of H-pyrrole nitrogens is 1. The van der Waals surface area contributed by atoms with Crippen molar-refractivity contribution in [3.8, 4) is 0 Å². The summed E-state index contributed by atoms with van der Waals surface area (Å²) in [5.74, 6) is -0.0391. The summed E-state index contributed by atoms with van der Waals surface area (Å²) in [5, 5.41) is 10.3. The molecule has 0 radical (unpaired) electrons. The van der Waals surface area contributed by atoms with Gasteiger partial charge in [-0.15, -0.1) is 0 Å². The van der Waals surface area contributed by atoms with Gasteiger partial charge in [-0.05, 0) is 19.3 Å². The zero-order chi connectivity index (χ0) is 16.1. The van der Waals surface area contributed by atoms with Crippen LogP contribution in [0.25, 0.3) is 11.2 Å². The highest BCUT2D eigenvalue weighted by atomic mass is 31.2. The number of imidazole rings is 1. The van der Waals surface area contributed by atoms with Gasteiger partial charge in [-0.25, -0.2) is 4.98 Å². The number of rotatable bonds is 3. The zero-order valence-corrected chi connectivity index (χ0v) is 12.4. The van der Waals surface area contributed by atoms with Crippen LogP contribution in [0, 0.1) is 0 Å². The number of aliphatic hydroxyl groups is 1. The molecule has 2 aromatic heterocycles. The van der Waals surface area contributed by atoms with Crippen molar-refractivity contribution in [3.05, 3.63) is 16.7 Å². The molecule has 0 aliphatic heterocycles. The summed E-state index contributed by atoms with van der Waals surface area (Å²) in [6.45, 7) is 0. The Balaban J connectivity index is 1.94. The molecule has 0 saturated heterocycles. The van der Waals surface area contributed by atoms with Gasteiger partial charge in [-0.1, -0.05) is 0 Å². The molecule has 11 heteroatoms. The first-order valence-corrected chi connectivity index (χ1v) is 8.46. The number of aromatic amines is 1. The maximum Gasteiger partial charge on any atom is 0.328 e. The zero-order valence-electron chi connectivity index (χ0n) is 11.5. The molecule has 0 amide bonds. The average molecular weight is 329 g/mol. The minimum absolute atomic E-state index is 0.0391. The van der Waals surface area contributed by atoms with E-state index in [-0.39, 0.29) is 30.3 Å². The summed E-state index contributed by atoms with van der Waals surface area (Å²) in [5.41, 5.74) is 4.07. The van der Waals surface area contributed by atoms with Crippen molar-refractivity contribution in [1.29, 1.82) is 0 Å². The van der Waals surface area contributed by atoms with E-state index in [1.165, 1.54) is 6.33 Å². The maximum absolute atomic E-state index is 11.7. The quantitative estimate of drug-likeness (QED) is 0.462. The smallest absolute Gasteiger partial charge is 0.328 e. The summed E-state index contributed by atoms with van der Waals surface area (Å²) in [6.07, 6.45) is 1.74. The Morgan fingerprint density at radius 1 is 1.55 bits per heavy atom. The van der Waals surface area contributed by atoms with Crippen LogP contribution in [-0.2, 0) is 4.57 Å². The summed E-state index contributed by atoms with van der Waals surface area (Å²) in [4.78, 5) is 40.3. The van der Waals surface area contributed by atoms with Gasteiger partial charge in [0.05, 0.1) is 18.1 Å². The highest BCUT2D eigenvalue weighted by Gasteiger charge is 2.43. The fourth-order valence-corrected chi connectivity index (χ4v) is 4.11. The maximum atomic E-state index is 11.7. The lowest BCUT2D eigenvalue weighted by atomic mass is 10.1. The van der Waals surface area contributed by atoms with Gasteiger partial charge in [0.25, 0.3) is 5.56 Å². The molecular formula is C11H16N5O5P. The summed E-state index contributed by atoms with van der Waals surface area (Å²) in [6, 6.07) is -0.254. The van der Waals surface area contributed by atoms with Gasteiger partial charge in [0.1, 0.15) is 0 Å². The van der Waals surface area contributed by atoms with E-state index in [1.54, 1.807) is 4.57 Å². The Morgan fingerprint density at radius 2 is 2.27 bits per heavy atom. The molecule has 0 bridgehead atoms. The van der Waals surface area contributed by atoms with E-state index in [2.05, 4.69) is 15.0 Å². The van der Waals surface area contributed by atoms with Gasteiger partial charge in [0, 0.05) is 6.04 Å². The van der Waals surface area contributed by atoms with Crippen molar-refractivity contribution in [1.82, 2.24) is 19.5 Å². The Bertz CT molecular complexity index is 826. The molecule has 1 fully saturated rings. The Labute approximate surface area is 124 Å². The minimum Gasteiger partial charge on any atom is -0.389 e. The number of nitrogens with zero attached hydrogens (tertiary/aromatic N) is 3. The standard InChI is InChI=1S/C11H16N5O5P/c12-10-14-8-7(9(17)15-10)13-5-16(8)6-1-2-11(18,3-6)4-22(19,20)21/h5-6,18H,1-4H2,(H2,19,20,21)(H3,12,14,15,17)/t6-,11-/m0/s1. The molecular weight excluding hydrogens is 313 g/mol. The van der Waals surface area contributed by atoms with Gasteiger partial charge in [-0.3, -0.25) is 14.3 Å². The third-order valence-electron chi connectivity index (χ3n) is 3.90. The molecule has 120 valence electrons. The van der Waals surface area contributed by atoms with Gasteiger partial charge < -0.3 is 25.2 Å². The van der Waals surface area contributed by atoms with Crippen LogP contribution in [0.2, 0.25) is 0 Å². The number of nitrogen functional groups attached to an aromatic ring is 1. The van der Waals surface area contributed by atoms with E-state index in [9.17, 15) is 14.5 Å². The Hall–Kier alpha value is -1.74. The molecule has 3 rings (SSSR count). The van der Waals surface area contributed by atoms with Crippen LogP contribution in [0.3, 0.4) is 0 Å². The second-order valence-corrected chi connectivity index (χ2v) is 7.36. The van der Waals surface area contributed by atoms with Crippen molar-refractivity contribution in [2.24, 2.45) is 0 Å². The number of nitrogens with one attached hydrogen (secondary N) is 1. The topological polar surface area (TPSA) is 167 Å². The third kappa shape index (κ3) is 2.78. The second-order valence-electron chi connectivity index (χ2n) is 5.72. The molecule has 1 aliphatic rings. The molecule has 2 atom stereocenters. The monoisotopic (exact) mass is 329 g/mol. The summed E-state index contributed by atoms with van der Waals surface area (Å²) >= 11 is 0. The highest BCUT2D eigenvalue weighted by Crippen LogP contribution is 2.47. The number of aromatic nitrogens is 4. The third-order valence-corrected chi connectivity index (χ3v) is 4.90. The predicted octanol–water partition coefficient (Wildman–Crippen LogP) is -0.664. The van der Waals surface area contributed by atoms with Crippen molar-refractivity contribution in [2.75, 3.05) is 11.9 Å². The fraction of sp³-hybridized carbons (Fsp3) is 0.545. The minimum atomic E-state index is -4.31. The van der Waals surface area contributed by atoms with Crippen LogP contribution in [0.4, 0.5) is 5.95 Å². The second kappa shape index (κ2) is 4.88. The average Bonchev–Trinajstić information content (AvgIpc) is 2.90. The van der Waals surface area contributed by atoms with Gasteiger partial charge in [0.2, 0.25) is 5.95 Å². The molecule has 6 N–H and O–H groups in total. The van der Waals surface area contributed by atoms with Crippen molar-refractivity contribution in [2.45, 2.75) is 30.9 Å². The normalized spacial score (nSPS) is 25.9. The molecule has 0 aromatic carbocycles. The van der Waals surface area contributed by atoms with Crippen LogP contribution in [0.1, 0.15) is 25.3 Å². The molecule has 2 aromatic rings. The van der Waals surface area contributed by atoms with E-state index in [4.69, 9.17) is 15.5 Å². The lowest BCUT2D eigenvalue weighted by molar-refractivity contribution is 0.0625. The van der Waals surface area contributed by atoms with Crippen LogP contribution in [0.15, 0.2) is 11.1 Å². The number of fused-ring (bicyclic) bond motifs is 1. The van der Waals surface area contributed by atoms with Gasteiger partial charge in [-0.2, -0.15) is 4.98 Å². The largest absolute Gasteiger partial charge is 0.389 e. The van der Waals surface area contributed by atoms with Crippen LogP contribution in [0.5, 0.6) is 0 Å². The lowest BCUT2D eigenvalue weighted by Crippen LogP contribution is -2.30. The molecule has 22 heavy (non-hydrogen) atoms. The van der Waals surface area contributed by atoms with Crippen LogP contribution in [-0.4, -0.2) is 46.2 Å². The van der Waals surface area contributed by atoms with E-state index >= 15 is 0 Å². The number of hydrogen-bond acceptors (Lipinski definition) is 6. The Kier molecular flexibility index (Phi) is 3.37. The molecule has 10 nitrogen and oxygen atoms in total. The fourth-order valence-electron chi connectivity index (χ4n) is 3.05. The van der Waals surface area contributed by atoms with Crippen LogP contribution < -0.4 is 11.3 Å². The van der Waals surface area contributed by atoms with Crippen molar-refractivity contribution in [3.63, 3.8) is 0 Å². The van der Waals surface area contributed by atoms with E-state index in [0.29, 0.717) is 12.1 Å². The molecule has 1 aliphatic carbocycles. The van der Waals surface area contributed by atoms with Crippen molar-refractivity contribution >= 4 is 24.7 Å². The molecule has 0 spiro atoms. The van der Waals surface area contributed by atoms with E-state index in [1.807, 2.05) is 0 Å². The van der Waals surface area contributed by atoms with E-state index in [0.717, 1.165) is 0 Å². The lowest BCUT2D eigenvalue weighted by Gasteiger charge is -2.23.